The molecule has 13 nitrogen and oxygen atoms in total. The van der Waals surface area contributed by atoms with Gasteiger partial charge in [-0.3, -0.25) is 9.35 Å². The van der Waals surface area contributed by atoms with Crippen LogP contribution >= 0.6 is 0 Å². The number of aliphatic hydroxyl groups is 5. The quantitative estimate of drug-likeness (QED) is 0.0339. The SMILES string of the molecule is CCCCCCCCCCCCCCC(O)C(=O)NC(COC1OC(CO)C(O)C(OS(=O)(=O)O)C1O)C(O)CCCCCCCCCCCC. The lowest BCUT2D eigenvalue weighted by molar-refractivity contribution is -0.298. The van der Waals surface area contributed by atoms with Crippen molar-refractivity contribution in [3.05, 3.63) is 0 Å². The van der Waals surface area contributed by atoms with Gasteiger partial charge in [-0.25, -0.2) is 4.18 Å². The molecular formula is C37H73NO12S. The first kappa shape index (κ1) is 48.1. The number of carbonyl (C=O) groups excluding carboxylic acids is 1. The van der Waals surface area contributed by atoms with Gasteiger partial charge in [0, 0.05) is 0 Å². The van der Waals surface area contributed by atoms with E-state index in [1.165, 1.54) is 89.9 Å². The second-order valence-corrected chi connectivity index (χ2v) is 15.4. The lowest BCUT2D eigenvalue weighted by Gasteiger charge is -2.41. The molecule has 51 heavy (non-hydrogen) atoms. The molecule has 1 heterocycles. The maximum atomic E-state index is 13.0. The van der Waals surface area contributed by atoms with E-state index in [1.54, 1.807) is 0 Å². The average Bonchev–Trinajstić information content (AvgIpc) is 3.09. The second kappa shape index (κ2) is 29.4. The van der Waals surface area contributed by atoms with Gasteiger partial charge in [-0.1, -0.05) is 155 Å². The van der Waals surface area contributed by atoms with Crippen molar-refractivity contribution in [2.24, 2.45) is 0 Å². The van der Waals surface area contributed by atoms with Crippen LogP contribution < -0.4 is 5.32 Å². The number of hydrogen-bond donors (Lipinski definition) is 7. The Kier molecular flexibility index (Phi) is 27.7. The van der Waals surface area contributed by atoms with Crippen LogP contribution in [-0.4, -0.2) is 107 Å². The Morgan fingerprint density at radius 2 is 1.14 bits per heavy atom. The number of nitrogens with one attached hydrogen (secondary N) is 1. The molecule has 0 aliphatic carbocycles. The Balaban J connectivity index is 2.65. The van der Waals surface area contributed by atoms with E-state index < -0.39 is 78.5 Å². The van der Waals surface area contributed by atoms with Gasteiger partial charge in [-0.2, -0.15) is 8.42 Å². The molecule has 0 saturated carbocycles. The Morgan fingerprint density at radius 3 is 1.57 bits per heavy atom. The number of amides is 1. The van der Waals surface area contributed by atoms with E-state index in [9.17, 15) is 38.7 Å². The van der Waals surface area contributed by atoms with Crippen LogP contribution in [-0.2, 0) is 28.9 Å². The molecule has 0 radical (unpaired) electrons. The minimum atomic E-state index is -5.10. The summed E-state index contributed by atoms with van der Waals surface area (Å²) in [5, 5.41) is 55.0. The van der Waals surface area contributed by atoms with E-state index in [4.69, 9.17) is 14.0 Å². The minimum absolute atomic E-state index is 0.264. The highest BCUT2D eigenvalue weighted by atomic mass is 32.3. The maximum absolute atomic E-state index is 13.0. The Hall–Kier alpha value is -0.940. The summed E-state index contributed by atoms with van der Waals surface area (Å²) in [6, 6.07) is -1.02. The molecule has 0 aromatic heterocycles. The van der Waals surface area contributed by atoms with Crippen LogP contribution in [0.1, 0.15) is 168 Å². The molecule has 14 heteroatoms. The number of rotatable bonds is 33. The standard InChI is InChI=1S/C37H73NO12S/c1-3-5-7-9-11-13-15-16-18-20-22-24-26-31(41)36(44)38-29(30(40)25-23-21-19-17-14-12-10-8-6-4-2)28-48-37-34(43)35(50-51(45,46)47)33(42)32(27-39)49-37/h29-35,37,39-43H,3-28H2,1-2H3,(H,38,44)(H,45,46,47). The molecule has 8 unspecified atom stereocenters. The predicted octanol–water partition coefficient (Wildman–Crippen LogP) is 5.24. The van der Waals surface area contributed by atoms with E-state index in [-0.39, 0.29) is 6.42 Å². The van der Waals surface area contributed by atoms with Gasteiger partial charge < -0.3 is 40.3 Å². The highest BCUT2D eigenvalue weighted by molar-refractivity contribution is 7.80. The Morgan fingerprint density at radius 1 is 0.706 bits per heavy atom. The predicted molar refractivity (Wildman–Crippen MR) is 196 cm³/mol. The van der Waals surface area contributed by atoms with Crippen molar-refractivity contribution < 1.29 is 57.0 Å². The van der Waals surface area contributed by atoms with Crippen molar-refractivity contribution >= 4 is 16.3 Å². The largest absolute Gasteiger partial charge is 0.397 e. The van der Waals surface area contributed by atoms with E-state index >= 15 is 0 Å². The third-order valence-corrected chi connectivity index (χ3v) is 10.2. The molecule has 304 valence electrons. The third-order valence-electron chi connectivity index (χ3n) is 9.77. The smallest absolute Gasteiger partial charge is 0.394 e. The topological polar surface area (TPSA) is 212 Å². The fourth-order valence-corrected chi connectivity index (χ4v) is 7.03. The van der Waals surface area contributed by atoms with Gasteiger partial charge >= 0.3 is 10.4 Å². The van der Waals surface area contributed by atoms with Crippen molar-refractivity contribution in [2.75, 3.05) is 13.2 Å². The van der Waals surface area contributed by atoms with E-state index in [0.29, 0.717) is 19.3 Å². The first-order valence-electron chi connectivity index (χ1n) is 20.0. The molecule has 1 fully saturated rings. The summed E-state index contributed by atoms with van der Waals surface area (Å²) >= 11 is 0. The van der Waals surface area contributed by atoms with Crippen LogP contribution in [0.2, 0.25) is 0 Å². The van der Waals surface area contributed by atoms with Crippen molar-refractivity contribution in [1.82, 2.24) is 5.32 Å². The second-order valence-electron chi connectivity index (χ2n) is 14.4. The maximum Gasteiger partial charge on any atom is 0.397 e. The monoisotopic (exact) mass is 755 g/mol. The molecule has 0 aromatic carbocycles. The molecule has 1 amide bonds. The van der Waals surface area contributed by atoms with Crippen molar-refractivity contribution in [2.45, 2.75) is 217 Å². The van der Waals surface area contributed by atoms with Crippen LogP contribution in [0.25, 0.3) is 0 Å². The molecule has 0 bridgehead atoms. The number of aliphatic hydroxyl groups excluding tert-OH is 5. The highest BCUT2D eigenvalue weighted by Gasteiger charge is 2.48. The molecule has 1 aliphatic rings. The van der Waals surface area contributed by atoms with Crippen LogP contribution in [0.3, 0.4) is 0 Å². The summed E-state index contributed by atoms with van der Waals surface area (Å²) < 4.78 is 47.3. The van der Waals surface area contributed by atoms with Crippen LogP contribution in [0.5, 0.6) is 0 Å². The Labute approximate surface area is 308 Å². The van der Waals surface area contributed by atoms with Crippen LogP contribution in [0, 0.1) is 0 Å². The summed E-state index contributed by atoms with van der Waals surface area (Å²) in [6.45, 7) is 3.22. The zero-order valence-electron chi connectivity index (χ0n) is 31.5. The van der Waals surface area contributed by atoms with E-state index in [0.717, 1.165) is 38.5 Å². The van der Waals surface area contributed by atoms with Gasteiger partial charge in [0.1, 0.15) is 30.5 Å². The molecular weight excluding hydrogens is 682 g/mol. The number of hydrogen-bond acceptors (Lipinski definition) is 11. The molecule has 1 aliphatic heterocycles. The summed E-state index contributed by atoms with van der Waals surface area (Å²) in [5.41, 5.74) is 0. The van der Waals surface area contributed by atoms with Crippen molar-refractivity contribution in [3.8, 4) is 0 Å². The van der Waals surface area contributed by atoms with E-state index in [1.807, 2.05) is 0 Å². The van der Waals surface area contributed by atoms with Crippen LogP contribution in [0.15, 0.2) is 0 Å². The molecule has 0 aromatic rings. The van der Waals surface area contributed by atoms with Gasteiger partial charge in [0.25, 0.3) is 0 Å². The van der Waals surface area contributed by atoms with Gasteiger partial charge in [0.15, 0.2) is 6.29 Å². The lowest BCUT2D eigenvalue weighted by atomic mass is 9.99. The molecule has 1 saturated heterocycles. The minimum Gasteiger partial charge on any atom is -0.394 e. The normalized spacial score (nSPS) is 22.9. The fraction of sp³-hybridized carbons (Fsp3) is 0.973. The molecule has 0 spiro atoms. The van der Waals surface area contributed by atoms with Crippen molar-refractivity contribution in [3.63, 3.8) is 0 Å². The highest BCUT2D eigenvalue weighted by Crippen LogP contribution is 2.26. The summed E-state index contributed by atoms with van der Waals surface area (Å²) in [6.07, 6.45) is 14.5. The van der Waals surface area contributed by atoms with E-state index in [2.05, 4.69) is 23.3 Å². The zero-order valence-corrected chi connectivity index (χ0v) is 32.4. The van der Waals surface area contributed by atoms with Gasteiger partial charge in [0.05, 0.1) is 25.4 Å². The molecule has 7 N–H and O–H groups in total. The summed E-state index contributed by atoms with van der Waals surface area (Å²) in [4.78, 5) is 13.0. The van der Waals surface area contributed by atoms with Crippen molar-refractivity contribution in [1.29, 1.82) is 0 Å². The number of unbranched alkanes of at least 4 members (excludes halogenated alkanes) is 20. The molecule has 8 atom stereocenters. The number of ether oxygens (including phenoxy) is 2. The average molecular weight is 756 g/mol. The van der Waals surface area contributed by atoms with Gasteiger partial charge in [-0.15, -0.1) is 0 Å². The zero-order chi connectivity index (χ0) is 37.9. The lowest BCUT2D eigenvalue weighted by Crippen LogP contribution is -2.61. The third kappa shape index (κ3) is 22.8. The van der Waals surface area contributed by atoms with Crippen LogP contribution in [0.4, 0.5) is 0 Å². The Bertz CT molecular complexity index is 958. The summed E-state index contributed by atoms with van der Waals surface area (Å²) in [5.74, 6) is -0.671. The fourth-order valence-electron chi connectivity index (χ4n) is 6.52. The first-order chi connectivity index (χ1) is 24.4. The number of carbonyl (C=O) groups is 1. The molecule has 1 rings (SSSR count). The van der Waals surface area contributed by atoms with Gasteiger partial charge in [-0.05, 0) is 12.8 Å². The summed E-state index contributed by atoms with van der Waals surface area (Å²) in [7, 11) is -5.10. The van der Waals surface area contributed by atoms with Gasteiger partial charge in [0.2, 0.25) is 5.91 Å². The first-order valence-corrected chi connectivity index (χ1v) is 21.4.